The summed E-state index contributed by atoms with van der Waals surface area (Å²) in [7, 11) is 1.61. The maximum atomic E-state index is 13.2. The van der Waals surface area contributed by atoms with E-state index in [1.165, 1.54) is 6.33 Å². The van der Waals surface area contributed by atoms with E-state index in [0.717, 1.165) is 11.3 Å². The van der Waals surface area contributed by atoms with Crippen LogP contribution >= 0.6 is 11.6 Å². The molecule has 0 saturated carbocycles. The van der Waals surface area contributed by atoms with E-state index in [0.29, 0.717) is 27.9 Å². The van der Waals surface area contributed by atoms with Crippen LogP contribution in [0, 0.1) is 0 Å². The van der Waals surface area contributed by atoms with Crippen LogP contribution < -0.4 is 15.4 Å². The van der Waals surface area contributed by atoms with Gasteiger partial charge in [-0.3, -0.25) is 4.79 Å². The summed E-state index contributed by atoms with van der Waals surface area (Å²) in [4.78, 5) is 17.5. The van der Waals surface area contributed by atoms with Gasteiger partial charge in [-0.25, -0.2) is 4.68 Å². The Balaban J connectivity index is 1.76. The lowest BCUT2D eigenvalue weighted by molar-refractivity contribution is -0.113. The number of anilines is 2. The molecule has 1 aliphatic rings. The molecular formula is C20H18ClN5O2. The molecule has 4 rings (SSSR count). The molecule has 2 N–H and O–H groups in total. The third-order valence-corrected chi connectivity index (χ3v) is 4.92. The van der Waals surface area contributed by atoms with E-state index in [1.807, 2.05) is 43.3 Å². The van der Waals surface area contributed by atoms with Crippen LogP contribution in [-0.4, -0.2) is 27.8 Å². The number of nitrogens with zero attached hydrogens (tertiary/aromatic N) is 3. The highest BCUT2D eigenvalue weighted by molar-refractivity contribution is 6.33. The first-order valence-corrected chi connectivity index (χ1v) is 9.03. The van der Waals surface area contributed by atoms with Crippen molar-refractivity contribution in [1.29, 1.82) is 0 Å². The zero-order valence-corrected chi connectivity index (χ0v) is 16.1. The van der Waals surface area contributed by atoms with Crippen molar-refractivity contribution in [2.75, 3.05) is 17.7 Å². The number of hydrogen-bond acceptors (Lipinski definition) is 5. The number of carbonyl (C=O) groups excluding carboxylic acids is 1. The van der Waals surface area contributed by atoms with Crippen LogP contribution in [0.1, 0.15) is 18.5 Å². The normalized spacial score (nSPS) is 15.6. The van der Waals surface area contributed by atoms with E-state index >= 15 is 0 Å². The second kappa shape index (κ2) is 7.36. The Morgan fingerprint density at radius 1 is 1.21 bits per heavy atom. The number of aromatic nitrogens is 3. The molecule has 7 nitrogen and oxygen atoms in total. The van der Waals surface area contributed by atoms with E-state index in [1.54, 1.807) is 23.9 Å². The molecule has 1 atom stereocenters. The number of para-hydroxylation sites is 1. The van der Waals surface area contributed by atoms with Crippen LogP contribution in [0.4, 0.5) is 11.6 Å². The molecule has 0 spiro atoms. The number of allylic oxidation sites excluding steroid dienone is 1. The zero-order chi connectivity index (χ0) is 19.7. The minimum Gasteiger partial charge on any atom is -0.497 e. The number of rotatable bonds is 4. The van der Waals surface area contributed by atoms with Crippen molar-refractivity contribution in [3.63, 3.8) is 0 Å². The van der Waals surface area contributed by atoms with Crippen LogP contribution in [0.2, 0.25) is 5.02 Å². The van der Waals surface area contributed by atoms with Crippen LogP contribution in [0.3, 0.4) is 0 Å². The molecule has 0 aliphatic carbocycles. The molecule has 1 aliphatic heterocycles. The van der Waals surface area contributed by atoms with Crippen LogP contribution in [0.15, 0.2) is 66.1 Å². The summed E-state index contributed by atoms with van der Waals surface area (Å²) in [5, 5.41) is 10.8. The first kappa shape index (κ1) is 18.1. The lowest BCUT2D eigenvalue weighted by atomic mass is 9.95. The predicted molar refractivity (Wildman–Crippen MR) is 108 cm³/mol. The minimum atomic E-state index is -0.438. The average Bonchev–Trinajstić information content (AvgIpc) is 3.16. The third kappa shape index (κ3) is 3.20. The summed E-state index contributed by atoms with van der Waals surface area (Å²) in [6.45, 7) is 1.84. The highest BCUT2D eigenvalue weighted by atomic mass is 35.5. The van der Waals surface area contributed by atoms with Gasteiger partial charge in [0.15, 0.2) is 0 Å². The molecule has 1 aromatic heterocycles. The first-order chi connectivity index (χ1) is 13.6. The Kier molecular flexibility index (Phi) is 4.75. The molecule has 2 aromatic carbocycles. The number of nitrogens with one attached hydrogen (secondary N) is 2. The van der Waals surface area contributed by atoms with Crippen molar-refractivity contribution in [2.24, 2.45) is 0 Å². The van der Waals surface area contributed by atoms with Gasteiger partial charge in [0.2, 0.25) is 5.95 Å². The van der Waals surface area contributed by atoms with Crippen molar-refractivity contribution in [1.82, 2.24) is 14.8 Å². The summed E-state index contributed by atoms with van der Waals surface area (Å²) in [5.74, 6) is 1.05. The topological polar surface area (TPSA) is 81.1 Å². The zero-order valence-electron chi connectivity index (χ0n) is 15.3. The summed E-state index contributed by atoms with van der Waals surface area (Å²) in [6.07, 6.45) is 1.46. The van der Waals surface area contributed by atoms with Crippen molar-refractivity contribution < 1.29 is 9.53 Å². The van der Waals surface area contributed by atoms with Crippen molar-refractivity contribution in [3.05, 3.63) is 76.7 Å². The summed E-state index contributed by atoms with van der Waals surface area (Å²) in [5.41, 5.74) is 2.67. The minimum absolute atomic E-state index is 0.264. The molecule has 142 valence electrons. The molecular weight excluding hydrogens is 378 g/mol. The summed E-state index contributed by atoms with van der Waals surface area (Å²) < 4.78 is 6.94. The molecule has 8 heteroatoms. The number of hydrogen-bond donors (Lipinski definition) is 2. The van der Waals surface area contributed by atoms with E-state index in [2.05, 4.69) is 20.7 Å². The SMILES string of the molecule is COc1ccc(C2C(C(=O)Nc3ccccc3Cl)=C(C)Nc3ncnn32)cc1. The fourth-order valence-corrected chi connectivity index (χ4v) is 3.41. The van der Waals surface area contributed by atoms with E-state index in [4.69, 9.17) is 16.3 Å². The van der Waals surface area contributed by atoms with Gasteiger partial charge in [-0.15, -0.1) is 0 Å². The largest absolute Gasteiger partial charge is 0.497 e. The molecule has 0 bridgehead atoms. The number of benzene rings is 2. The number of fused-ring (bicyclic) bond motifs is 1. The molecule has 2 heterocycles. The quantitative estimate of drug-likeness (QED) is 0.700. The van der Waals surface area contributed by atoms with Crippen molar-refractivity contribution in [3.8, 4) is 5.75 Å². The fourth-order valence-electron chi connectivity index (χ4n) is 3.23. The number of carbonyl (C=O) groups is 1. The van der Waals surface area contributed by atoms with Gasteiger partial charge in [-0.1, -0.05) is 35.9 Å². The molecule has 0 saturated heterocycles. The third-order valence-electron chi connectivity index (χ3n) is 4.59. The number of methoxy groups -OCH3 is 1. The molecule has 1 amide bonds. The maximum Gasteiger partial charge on any atom is 0.255 e. The van der Waals surface area contributed by atoms with Crippen LogP contribution in [-0.2, 0) is 4.79 Å². The standard InChI is InChI=1S/C20H18ClN5O2/c1-12-17(19(27)25-16-6-4-3-5-15(16)21)18(26-20(24-12)22-11-23-26)13-7-9-14(28-2)10-8-13/h3-11,18H,1-2H3,(H,25,27)(H,22,23,24). The van der Waals surface area contributed by atoms with E-state index < -0.39 is 6.04 Å². The smallest absolute Gasteiger partial charge is 0.255 e. The van der Waals surface area contributed by atoms with Gasteiger partial charge in [0.1, 0.15) is 18.1 Å². The highest BCUT2D eigenvalue weighted by Crippen LogP contribution is 2.36. The molecule has 0 radical (unpaired) electrons. The average molecular weight is 396 g/mol. The second-order valence-corrected chi connectivity index (χ2v) is 6.71. The lowest BCUT2D eigenvalue weighted by Crippen LogP contribution is -2.31. The van der Waals surface area contributed by atoms with Gasteiger partial charge < -0.3 is 15.4 Å². The van der Waals surface area contributed by atoms with E-state index in [-0.39, 0.29) is 5.91 Å². The molecule has 28 heavy (non-hydrogen) atoms. The molecule has 3 aromatic rings. The Hall–Kier alpha value is -3.32. The molecule has 0 fully saturated rings. The Morgan fingerprint density at radius 3 is 2.68 bits per heavy atom. The Labute approximate surface area is 167 Å². The Morgan fingerprint density at radius 2 is 1.96 bits per heavy atom. The summed E-state index contributed by atoms with van der Waals surface area (Å²) >= 11 is 6.21. The van der Waals surface area contributed by atoms with Gasteiger partial charge in [-0.05, 0) is 36.8 Å². The number of ether oxygens (including phenoxy) is 1. The van der Waals surface area contributed by atoms with Gasteiger partial charge in [-0.2, -0.15) is 10.1 Å². The van der Waals surface area contributed by atoms with Gasteiger partial charge in [0.25, 0.3) is 5.91 Å². The van der Waals surface area contributed by atoms with Crippen molar-refractivity contribution >= 4 is 29.1 Å². The monoisotopic (exact) mass is 395 g/mol. The van der Waals surface area contributed by atoms with Crippen LogP contribution in [0.25, 0.3) is 0 Å². The predicted octanol–water partition coefficient (Wildman–Crippen LogP) is 3.87. The van der Waals surface area contributed by atoms with Gasteiger partial charge >= 0.3 is 0 Å². The first-order valence-electron chi connectivity index (χ1n) is 8.65. The Bertz CT molecular complexity index is 1060. The van der Waals surface area contributed by atoms with E-state index in [9.17, 15) is 4.79 Å². The second-order valence-electron chi connectivity index (χ2n) is 6.30. The van der Waals surface area contributed by atoms with Crippen LogP contribution in [0.5, 0.6) is 5.75 Å². The fraction of sp³-hybridized carbons (Fsp3) is 0.150. The number of halogens is 1. The van der Waals surface area contributed by atoms with Gasteiger partial charge in [0, 0.05) is 5.70 Å². The molecule has 1 unspecified atom stereocenters. The lowest BCUT2D eigenvalue weighted by Gasteiger charge is -2.29. The van der Waals surface area contributed by atoms with Crippen molar-refractivity contribution in [2.45, 2.75) is 13.0 Å². The van der Waals surface area contributed by atoms with Gasteiger partial charge in [0.05, 0.1) is 23.4 Å². The summed E-state index contributed by atoms with van der Waals surface area (Å²) in [6, 6.07) is 14.2. The highest BCUT2D eigenvalue weighted by Gasteiger charge is 2.33. The number of amides is 1. The maximum absolute atomic E-state index is 13.2.